The Bertz CT molecular complexity index is 167. The van der Waals surface area contributed by atoms with Crippen molar-refractivity contribution in [3.63, 3.8) is 0 Å². The molecule has 0 aromatic rings. The van der Waals surface area contributed by atoms with Crippen molar-refractivity contribution in [1.82, 2.24) is 0 Å². The standard InChI is InChI=1S/C11H22O3Si/c1-2-6-13-11(4-1)15-7-3-5-12-8-10-9-14-10/h10-11H,1-9,15H2. The third kappa shape index (κ3) is 5.11. The van der Waals surface area contributed by atoms with Crippen molar-refractivity contribution in [2.75, 3.05) is 26.4 Å². The molecule has 3 nitrogen and oxygen atoms in total. The van der Waals surface area contributed by atoms with Gasteiger partial charge >= 0.3 is 0 Å². The first kappa shape index (κ1) is 11.6. The fraction of sp³-hybridized carbons (Fsp3) is 1.00. The highest BCUT2D eigenvalue weighted by Gasteiger charge is 2.22. The minimum atomic E-state index is 0.000335. The number of rotatable bonds is 7. The van der Waals surface area contributed by atoms with Crippen LogP contribution in [-0.2, 0) is 14.2 Å². The molecule has 0 aromatic carbocycles. The molecule has 2 unspecified atom stereocenters. The first-order valence-electron chi connectivity index (χ1n) is 6.26. The molecule has 0 spiro atoms. The average Bonchev–Trinajstić information content (AvgIpc) is 3.09. The molecule has 0 bridgehead atoms. The van der Waals surface area contributed by atoms with Crippen LogP contribution in [0.15, 0.2) is 0 Å². The first-order chi connectivity index (χ1) is 7.45. The lowest BCUT2D eigenvalue weighted by Gasteiger charge is -2.22. The molecule has 0 aromatic heterocycles. The average molecular weight is 230 g/mol. The molecule has 2 rings (SSSR count). The smallest absolute Gasteiger partial charge is 0.104 e. The Morgan fingerprint density at radius 3 is 2.93 bits per heavy atom. The molecule has 0 radical (unpaired) electrons. The van der Waals surface area contributed by atoms with E-state index < -0.39 is 0 Å². The maximum Gasteiger partial charge on any atom is 0.104 e. The summed E-state index contributed by atoms with van der Waals surface area (Å²) in [7, 11) is 0.000335. The number of epoxide rings is 1. The van der Waals surface area contributed by atoms with E-state index in [9.17, 15) is 0 Å². The summed E-state index contributed by atoms with van der Waals surface area (Å²) in [6.45, 7) is 3.64. The second kappa shape index (κ2) is 6.63. The molecule has 2 saturated heterocycles. The molecule has 2 fully saturated rings. The van der Waals surface area contributed by atoms with Crippen molar-refractivity contribution < 1.29 is 14.2 Å². The highest BCUT2D eigenvalue weighted by molar-refractivity contribution is 6.37. The minimum Gasteiger partial charge on any atom is -0.382 e. The van der Waals surface area contributed by atoms with Crippen molar-refractivity contribution >= 4 is 9.52 Å². The normalized spacial score (nSPS) is 31.2. The van der Waals surface area contributed by atoms with Crippen molar-refractivity contribution in [2.24, 2.45) is 0 Å². The quantitative estimate of drug-likeness (QED) is 0.370. The summed E-state index contributed by atoms with van der Waals surface area (Å²) in [5, 5.41) is 0. The number of ether oxygens (including phenoxy) is 3. The number of hydrogen-bond donors (Lipinski definition) is 0. The molecular formula is C11H22O3Si. The molecule has 2 heterocycles. The van der Waals surface area contributed by atoms with Gasteiger partial charge in [-0.1, -0.05) is 6.04 Å². The predicted molar refractivity (Wildman–Crippen MR) is 62.1 cm³/mol. The highest BCUT2D eigenvalue weighted by atomic mass is 28.2. The summed E-state index contributed by atoms with van der Waals surface area (Å²) >= 11 is 0. The third-order valence-electron chi connectivity index (χ3n) is 3.04. The zero-order valence-electron chi connectivity index (χ0n) is 9.45. The lowest BCUT2D eigenvalue weighted by atomic mass is 10.2. The maximum atomic E-state index is 5.73. The Labute approximate surface area is 94.3 Å². The lowest BCUT2D eigenvalue weighted by Crippen LogP contribution is -2.25. The Hall–Kier alpha value is 0.0969. The van der Waals surface area contributed by atoms with E-state index in [-0.39, 0.29) is 9.52 Å². The molecule has 0 amide bonds. The van der Waals surface area contributed by atoms with Crippen molar-refractivity contribution in [3.8, 4) is 0 Å². The summed E-state index contributed by atoms with van der Waals surface area (Å²) in [5.74, 6) is 0. The van der Waals surface area contributed by atoms with Gasteiger partial charge in [0.1, 0.15) is 6.10 Å². The predicted octanol–water partition coefficient (Wildman–Crippen LogP) is 0.906. The van der Waals surface area contributed by atoms with Gasteiger partial charge in [-0.3, -0.25) is 0 Å². The van der Waals surface area contributed by atoms with Crippen LogP contribution in [0.5, 0.6) is 0 Å². The minimum absolute atomic E-state index is 0.000335. The Morgan fingerprint density at radius 2 is 2.20 bits per heavy atom. The molecule has 0 N–H and O–H groups in total. The largest absolute Gasteiger partial charge is 0.382 e. The number of hydrogen-bond acceptors (Lipinski definition) is 3. The summed E-state index contributed by atoms with van der Waals surface area (Å²) in [5.41, 5.74) is 0.672. The van der Waals surface area contributed by atoms with Crippen LogP contribution in [-0.4, -0.2) is 47.8 Å². The third-order valence-corrected chi connectivity index (χ3v) is 5.24. The summed E-state index contributed by atoms with van der Waals surface area (Å²) in [6.07, 6.45) is 5.62. The maximum absolute atomic E-state index is 5.73. The van der Waals surface area contributed by atoms with Gasteiger partial charge in [0, 0.05) is 18.9 Å². The van der Waals surface area contributed by atoms with E-state index in [0.29, 0.717) is 11.8 Å². The highest BCUT2D eigenvalue weighted by Crippen LogP contribution is 2.13. The van der Waals surface area contributed by atoms with Gasteiger partial charge in [0.2, 0.25) is 0 Å². The molecule has 0 saturated carbocycles. The molecule has 4 heteroatoms. The second-order valence-corrected chi connectivity index (χ2v) is 6.71. The molecule has 2 aliphatic rings. The van der Waals surface area contributed by atoms with Crippen LogP contribution in [0.2, 0.25) is 6.04 Å². The van der Waals surface area contributed by atoms with E-state index in [1.54, 1.807) is 0 Å². The van der Waals surface area contributed by atoms with Gasteiger partial charge in [0.25, 0.3) is 0 Å². The van der Waals surface area contributed by atoms with Gasteiger partial charge in [0.05, 0.1) is 22.7 Å². The fourth-order valence-electron chi connectivity index (χ4n) is 1.99. The fourth-order valence-corrected chi connectivity index (χ4v) is 3.85. The van der Waals surface area contributed by atoms with E-state index in [0.717, 1.165) is 26.4 Å². The van der Waals surface area contributed by atoms with Crippen LogP contribution in [0.25, 0.3) is 0 Å². The Kier molecular flexibility index (Phi) is 5.12. The Balaban J connectivity index is 1.37. The van der Waals surface area contributed by atoms with Crippen molar-refractivity contribution in [1.29, 1.82) is 0 Å². The van der Waals surface area contributed by atoms with Crippen LogP contribution < -0.4 is 0 Å². The van der Waals surface area contributed by atoms with Crippen molar-refractivity contribution in [2.45, 2.75) is 43.6 Å². The molecule has 2 aliphatic heterocycles. The lowest BCUT2D eigenvalue weighted by molar-refractivity contribution is 0.0645. The van der Waals surface area contributed by atoms with E-state index in [1.807, 2.05) is 0 Å². The zero-order chi connectivity index (χ0) is 10.3. The van der Waals surface area contributed by atoms with E-state index >= 15 is 0 Å². The van der Waals surface area contributed by atoms with Gasteiger partial charge in [-0.15, -0.1) is 0 Å². The van der Waals surface area contributed by atoms with Gasteiger partial charge in [0.15, 0.2) is 0 Å². The second-order valence-electron chi connectivity index (χ2n) is 4.51. The van der Waals surface area contributed by atoms with E-state index in [1.165, 1.54) is 31.7 Å². The van der Waals surface area contributed by atoms with Gasteiger partial charge in [-0.25, -0.2) is 0 Å². The van der Waals surface area contributed by atoms with E-state index in [2.05, 4.69) is 0 Å². The zero-order valence-corrected chi connectivity index (χ0v) is 10.9. The molecule has 15 heavy (non-hydrogen) atoms. The first-order valence-corrected chi connectivity index (χ1v) is 8.08. The van der Waals surface area contributed by atoms with E-state index in [4.69, 9.17) is 14.2 Å². The van der Waals surface area contributed by atoms with Crippen LogP contribution in [0.3, 0.4) is 0 Å². The van der Waals surface area contributed by atoms with Gasteiger partial charge < -0.3 is 14.2 Å². The SMILES string of the molecule is C1CCC([SiH2]CCCOCC2CO2)OC1. The van der Waals surface area contributed by atoms with Crippen LogP contribution in [0.1, 0.15) is 25.7 Å². The Morgan fingerprint density at radius 1 is 1.27 bits per heavy atom. The van der Waals surface area contributed by atoms with Gasteiger partial charge in [-0.2, -0.15) is 0 Å². The van der Waals surface area contributed by atoms with Crippen LogP contribution in [0.4, 0.5) is 0 Å². The molecular weight excluding hydrogens is 208 g/mol. The summed E-state index contributed by atoms with van der Waals surface area (Å²) < 4.78 is 16.3. The van der Waals surface area contributed by atoms with Crippen LogP contribution in [0, 0.1) is 0 Å². The van der Waals surface area contributed by atoms with Crippen LogP contribution >= 0.6 is 0 Å². The monoisotopic (exact) mass is 230 g/mol. The topological polar surface area (TPSA) is 31.0 Å². The summed E-state index contributed by atoms with van der Waals surface area (Å²) in [6, 6.07) is 1.37. The molecule has 0 aliphatic carbocycles. The van der Waals surface area contributed by atoms with Gasteiger partial charge in [-0.05, 0) is 25.7 Å². The molecule has 88 valence electrons. The summed E-state index contributed by atoms with van der Waals surface area (Å²) in [4.78, 5) is 0. The molecule has 2 atom stereocenters. The van der Waals surface area contributed by atoms with Crippen molar-refractivity contribution in [3.05, 3.63) is 0 Å².